The molecular weight excluding hydrogens is 272 g/mol. The first-order valence-electron chi connectivity index (χ1n) is 7.06. The van der Waals surface area contributed by atoms with Gasteiger partial charge in [0, 0.05) is 13.8 Å². The Morgan fingerprint density at radius 3 is 2.52 bits per heavy atom. The van der Waals surface area contributed by atoms with Gasteiger partial charge in [0.05, 0.1) is 5.92 Å². The monoisotopic (exact) mass is 292 g/mol. The van der Waals surface area contributed by atoms with Crippen LogP contribution in [0.2, 0.25) is 0 Å². The van der Waals surface area contributed by atoms with Gasteiger partial charge >= 0.3 is 11.9 Å². The second-order valence-corrected chi connectivity index (χ2v) is 5.68. The van der Waals surface area contributed by atoms with E-state index in [9.17, 15) is 14.7 Å². The van der Waals surface area contributed by atoms with E-state index in [1.807, 2.05) is 30.3 Å². The minimum atomic E-state index is -1.05. The maximum Gasteiger partial charge on any atom is 0.338 e. The lowest BCUT2D eigenvalue weighted by Crippen LogP contribution is -2.34. The maximum absolute atomic E-state index is 11.8. The number of rotatable bonds is 6. The summed E-state index contributed by atoms with van der Waals surface area (Å²) in [7, 11) is 0. The first-order chi connectivity index (χ1) is 9.89. The Morgan fingerprint density at radius 2 is 2.00 bits per heavy atom. The lowest BCUT2D eigenvalue weighted by molar-refractivity contribution is -0.163. The van der Waals surface area contributed by atoms with Gasteiger partial charge in [-0.1, -0.05) is 30.3 Å². The van der Waals surface area contributed by atoms with Gasteiger partial charge in [0.1, 0.15) is 0 Å². The second-order valence-electron chi connectivity index (χ2n) is 5.68. The summed E-state index contributed by atoms with van der Waals surface area (Å²) < 4.78 is 10.5. The van der Waals surface area contributed by atoms with Gasteiger partial charge < -0.3 is 14.6 Å². The molecule has 1 N–H and O–H groups in total. The number of aryl methyl sites for hydroxylation is 1. The summed E-state index contributed by atoms with van der Waals surface area (Å²) in [5.74, 6) is -3.53. The normalized spacial score (nSPS) is 21.8. The van der Waals surface area contributed by atoms with E-state index in [1.165, 1.54) is 0 Å². The second kappa shape index (κ2) is 6.26. The average molecular weight is 292 g/mol. The van der Waals surface area contributed by atoms with Gasteiger partial charge in [0.25, 0.3) is 0 Å². The highest BCUT2D eigenvalue weighted by Crippen LogP contribution is 2.30. The molecule has 0 aromatic heterocycles. The number of carboxylic acids is 1. The Labute approximate surface area is 123 Å². The van der Waals surface area contributed by atoms with E-state index in [4.69, 9.17) is 9.47 Å². The van der Waals surface area contributed by atoms with Gasteiger partial charge in [-0.3, -0.25) is 4.79 Å². The van der Waals surface area contributed by atoms with Crippen molar-refractivity contribution in [3.63, 3.8) is 0 Å². The largest absolute Gasteiger partial charge is 0.481 e. The number of carboxylic acid groups (broad SMARTS) is 1. The third-order valence-electron chi connectivity index (χ3n) is 3.50. The quantitative estimate of drug-likeness (QED) is 0.815. The van der Waals surface area contributed by atoms with Crippen LogP contribution in [-0.2, 0) is 25.5 Å². The molecule has 1 saturated heterocycles. The van der Waals surface area contributed by atoms with Crippen LogP contribution in [0.5, 0.6) is 0 Å². The molecule has 0 bridgehead atoms. The number of hydrogen-bond acceptors (Lipinski definition) is 4. The highest BCUT2D eigenvalue weighted by atomic mass is 16.8. The minimum absolute atomic E-state index is 0.375. The number of carbonyl (C=O) groups is 2. The first kappa shape index (κ1) is 15.5. The van der Waals surface area contributed by atoms with Crippen LogP contribution in [-0.4, -0.2) is 28.9 Å². The van der Waals surface area contributed by atoms with Gasteiger partial charge in [-0.15, -0.1) is 0 Å². The lowest BCUT2D eigenvalue weighted by atomic mass is 9.94. The summed E-state index contributed by atoms with van der Waals surface area (Å²) in [6.07, 6.45) is 0.804. The minimum Gasteiger partial charge on any atom is -0.481 e. The van der Waals surface area contributed by atoms with E-state index in [0.717, 1.165) is 12.0 Å². The molecule has 0 amide bonds. The summed E-state index contributed by atoms with van der Waals surface area (Å²) in [6, 6.07) is 9.83. The van der Waals surface area contributed by atoms with Crippen LogP contribution in [0.3, 0.4) is 0 Å². The summed E-state index contributed by atoms with van der Waals surface area (Å²) >= 11 is 0. The molecule has 1 aliphatic heterocycles. The molecule has 0 saturated carbocycles. The molecular formula is C16H20O5. The van der Waals surface area contributed by atoms with Gasteiger partial charge in [-0.25, -0.2) is 4.79 Å². The van der Waals surface area contributed by atoms with Crippen molar-refractivity contribution < 1.29 is 24.2 Å². The molecule has 21 heavy (non-hydrogen) atoms. The van der Waals surface area contributed by atoms with Crippen molar-refractivity contribution >= 4 is 11.9 Å². The van der Waals surface area contributed by atoms with Gasteiger partial charge in [0.15, 0.2) is 6.10 Å². The predicted molar refractivity (Wildman–Crippen MR) is 75.5 cm³/mol. The van der Waals surface area contributed by atoms with E-state index in [1.54, 1.807) is 13.8 Å². The van der Waals surface area contributed by atoms with E-state index >= 15 is 0 Å². The summed E-state index contributed by atoms with van der Waals surface area (Å²) in [5, 5.41) is 9.33. The molecule has 0 radical (unpaired) electrons. The highest BCUT2D eigenvalue weighted by molar-refractivity contribution is 5.84. The zero-order chi connectivity index (χ0) is 15.5. The van der Waals surface area contributed by atoms with Crippen molar-refractivity contribution in [3.8, 4) is 0 Å². The molecule has 5 heteroatoms. The Balaban J connectivity index is 1.94. The average Bonchev–Trinajstić information content (AvgIpc) is 2.68. The fraction of sp³-hybridized carbons (Fsp3) is 0.500. The van der Waals surface area contributed by atoms with E-state index in [0.29, 0.717) is 12.8 Å². The molecule has 1 aromatic carbocycles. The predicted octanol–water partition coefficient (Wildman–Crippen LogP) is 2.39. The molecule has 0 spiro atoms. The molecule has 2 atom stereocenters. The first-order valence-corrected chi connectivity index (χ1v) is 7.06. The van der Waals surface area contributed by atoms with Crippen LogP contribution >= 0.6 is 0 Å². The standard InChI is InChI=1S/C16H20O5/c1-16(2)20-13(15(19)21-16)12(14(17)18)10-6-9-11-7-4-3-5-8-11/h3-5,7-8,12-13H,6,9-10H2,1-2H3,(H,17,18)/t12?,13-/m0/s1. The van der Waals surface area contributed by atoms with E-state index in [2.05, 4.69) is 0 Å². The Kier molecular flexibility index (Phi) is 4.63. The maximum atomic E-state index is 11.8. The molecule has 1 fully saturated rings. The smallest absolute Gasteiger partial charge is 0.338 e. The number of benzene rings is 1. The van der Waals surface area contributed by atoms with Crippen LogP contribution in [0.4, 0.5) is 0 Å². The van der Waals surface area contributed by atoms with Gasteiger partial charge in [-0.05, 0) is 24.8 Å². The molecule has 2 rings (SSSR count). The van der Waals surface area contributed by atoms with Crippen LogP contribution in [0.15, 0.2) is 30.3 Å². The SMILES string of the molecule is CC1(C)OC(=O)[C@H](C(CCCc2ccccc2)C(=O)O)O1. The number of carbonyl (C=O) groups excluding carboxylic acids is 1. The fourth-order valence-corrected chi connectivity index (χ4v) is 2.50. The van der Waals surface area contributed by atoms with Gasteiger partial charge in [0.2, 0.25) is 5.79 Å². The zero-order valence-electron chi connectivity index (χ0n) is 12.2. The van der Waals surface area contributed by atoms with Crippen molar-refractivity contribution in [1.29, 1.82) is 0 Å². The Morgan fingerprint density at radius 1 is 1.33 bits per heavy atom. The molecule has 1 aliphatic rings. The molecule has 0 aliphatic carbocycles. The van der Waals surface area contributed by atoms with E-state index in [-0.39, 0.29) is 0 Å². The summed E-state index contributed by atoms with van der Waals surface area (Å²) in [5.41, 5.74) is 1.15. The zero-order valence-corrected chi connectivity index (χ0v) is 12.2. The number of ether oxygens (including phenoxy) is 2. The van der Waals surface area contributed by atoms with Gasteiger partial charge in [-0.2, -0.15) is 0 Å². The molecule has 5 nitrogen and oxygen atoms in total. The number of hydrogen-bond donors (Lipinski definition) is 1. The number of esters is 1. The molecule has 1 heterocycles. The number of cyclic esters (lactones) is 1. The van der Waals surface area contributed by atoms with Crippen molar-refractivity contribution in [2.24, 2.45) is 5.92 Å². The highest BCUT2D eigenvalue weighted by Gasteiger charge is 2.47. The molecule has 114 valence electrons. The fourth-order valence-electron chi connectivity index (χ4n) is 2.50. The Bertz CT molecular complexity index is 509. The van der Waals surface area contributed by atoms with Crippen LogP contribution < -0.4 is 0 Å². The van der Waals surface area contributed by atoms with Crippen LogP contribution in [0, 0.1) is 5.92 Å². The molecule has 1 unspecified atom stereocenters. The van der Waals surface area contributed by atoms with Crippen LogP contribution in [0.25, 0.3) is 0 Å². The number of aliphatic carboxylic acids is 1. The van der Waals surface area contributed by atoms with E-state index < -0.39 is 29.7 Å². The topological polar surface area (TPSA) is 72.8 Å². The molecule has 1 aromatic rings. The third-order valence-corrected chi connectivity index (χ3v) is 3.50. The summed E-state index contributed by atoms with van der Waals surface area (Å²) in [6.45, 7) is 3.21. The lowest BCUT2D eigenvalue weighted by Gasteiger charge is -2.19. The van der Waals surface area contributed by atoms with Crippen molar-refractivity contribution in [2.75, 3.05) is 0 Å². The third kappa shape index (κ3) is 4.04. The Hall–Kier alpha value is -1.88. The van der Waals surface area contributed by atoms with Crippen molar-refractivity contribution in [3.05, 3.63) is 35.9 Å². The van der Waals surface area contributed by atoms with Crippen LogP contribution in [0.1, 0.15) is 32.3 Å². The summed E-state index contributed by atoms with van der Waals surface area (Å²) in [4.78, 5) is 23.2. The van der Waals surface area contributed by atoms with Crippen molar-refractivity contribution in [1.82, 2.24) is 0 Å². The van der Waals surface area contributed by atoms with Crippen molar-refractivity contribution in [2.45, 2.75) is 45.0 Å².